The number of nitrogens with one attached hydrogen (secondary N) is 1. The maximum absolute atomic E-state index is 12.9. The lowest BCUT2D eigenvalue weighted by Gasteiger charge is -2.25. The zero-order valence-corrected chi connectivity index (χ0v) is 18.2. The van der Waals surface area contributed by atoms with Crippen molar-refractivity contribution in [3.05, 3.63) is 40.8 Å². The number of benzene rings is 1. The van der Waals surface area contributed by atoms with Gasteiger partial charge in [0.25, 0.3) is 5.91 Å². The smallest absolute Gasteiger partial charge is 0.322 e. The molecule has 29 heavy (non-hydrogen) atoms. The van der Waals surface area contributed by atoms with E-state index in [0.717, 1.165) is 21.3 Å². The molecule has 0 unspecified atom stereocenters. The summed E-state index contributed by atoms with van der Waals surface area (Å²) in [5, 5.41) is 12.6. The molecular formula is C19H23N3O5S2. The van der Waals surface area contributed by atoms with Crippen LogP contribution in [0.25, 0.3) is 0 Å². The van der Waals surface area contributed by atoms with E-state index in [-0.39, 0.29) is 23.3 Å². The van der Waals surface area contributed by atoms with Crippen molar-refractivity contribution in [3.63, 3.8) is 0 Å². The number of sulfonamides is 1. The van der Waals surface area contributed by atoms with E-state index in [2.05, 4.69) is 5.32 Å². The average Bonchev–Trinajstić information content (AvgIpc) is 3.12. The Balaban J connectivity index is 1.80. The number of carboxylic acid groups (broad SMARTS) is 1. The number of hydrogen-bond acceptors (Lipinski definition) is 6. The minimum Gasteiger partial charge on any atom is -0.480 e. The van der Waals surface area contributed by atoms with Gasteiger partial charge in [-0.3, -0.25) is 9.59 Å². The number of carbonyl (C=O) groups excluding carboxylic acids is 1. The van der Waals surface area contributed by atoms with E-state index < -0.39 is 22.0 Å². The van der Waals surface area contributed by atoms with E-state index in [0.29, 0.717) is 15.4 Å². The molecule has 3 rings (SSSR count). The fourth-order valence-corrected chi connectivity index (χ4v) is 6.59. The van der Waals surface area contributed by atoms with Crippen LogP contribution in [0.2, 0.25) is 0 Å². The molecule has 1 amide bonds. The molecule has 10 heteroatoms. The van der Waals surface area contributed by atoms with Crippen LogP contribution in [0.15, 0.2) is 35.2 Å². The number of carbonyl (C=O) groups is 2. The van der Waals surface area contributed by atoms with Crippen LogP contribution in [0.4, 0.5) is 10.7 Å². The molecule has 0 saturated carbocycles. The van der Waals surface area contributed by atoms with Crippen LogP contribution in [0.5, 0.6) is 0 Å². The van der Waals surface area contributed by atoms with Gasteiger partial charge >= 0.3 is 5.97 Å². The van der Waals surface area contributed by atoms with Crippen LogP contribution in [0.1, 0.15) is 29.1 Å². The minimum atomic E-state index is -3.92. The van der Waals surface area contributed by atoms with Gasteiger partial charge in [0.2, 0.25) is 10.0 Å². The average molecular weight is 438 g/mol. The highest BCUT2D eigenvalue weighted by Crippen LogP contribution is 2.41. The van der Waals surface area contributed by atoms with Crippen molar-refractivity contribution in [1.29, 1.82) is 0 Å². The van der Waals surface area contributed by atoms with Gasteiger partial charge in [0.05, 0.1) is 16.4 Å². The van der Waals surface area contributed by atoms with Crippen molar-refractivity contribution in [2.24, 2.45) is 5.92 Å². The van der Waals surface area contributed by atoms with Crippen LogP contribution in [0, 0.1) is 5.92 Å². The zero-order chi connectivity index (χ0) is 21.5. The van der Waals surface area contributed by atoms with Gasteiger partial charge in [-0.25, -0.2) is 8.42 Å². The first kappa shape index (κ1) is 21.3. The Kier molecular flexibility index (Phi) is 5.70. The SMILES string of the molecule is CC(C)[C@H](C(=O)O)N1Cc2sc(NC(=O)c3ccc(N(C)C)cc3)cc2S1(=O)=O. The largest absolute Gasteiger partial charge is 0.480 e. The number of hydrogen-bond donors (Lipinski definition) is 2. The molecule has 2 N–H and O–H groups in total. The molecule has 1 aliphatic heterocycles. The fourth-order valence-electron chi connectivity index (χ4n) is 3.24. The minimum absolute atomic E-state index is 0.00905. The third-order valence-electron chi connectivity index (χ3n) is 4.73. The summed E-state index contributed by atoms with van der Waals surface area (Å²) in [5.74, 6) is -1.89. The third kappa shape index (κ3) is 4.00. The zero-order valence-electron chi connectivity index (χ0n) is 16.5. The second kappa shape index (κ2) is 7.77. The molecule has 1 aliphatic rings. The summed E-state index contributed by atoms with van der Waals surface area (Å²) in [7, 11) is -0.118. The van der Waals surface area contributed by atoms with Crippen LogP contribution in [0.3, 0.4) is 0 Å². The Bertz CT molecular complexity index is 1040. The van der Waals surface area contributed by atoms with E-state index in [1.54, 1.807) is 26.0 Å². The maximum atomic E-state index is 12.9. The summed E-state index contributed by atoms with van der Waals surface area (Å²) in [6, 6.07) is 7.32. The highest BCUT2D eigenvalue weighted by Gasteiger charge is 2.44. The Labute approximate surface area is 173 Å². The third-order valence-corrected chi connectivity index (χ3v) is 7.79. The molecule has 2 aromatic rings. The first-order valence-corrected chi connectivity index (χ1v) is 11.2. The number of thiophene rings is 1. The highest BCUT2D eigenvalue weighted by molar-refractivity contribution is 7.89. The van der Waals surface area contributed by atoms with Crippen molar-refractivity contribution in [1.82, 2.24) is 4.31 Å². The Hall–Kier alpha value is -2.43. The highest BCUT2D eigenvalue weighted by atomic mass is 32.2. The van der Waals surface area contributed by atoms with Gasteiger partial charge in [-0.1, -0.05) is 13.8 Å². The Morgan fingerprint density at radius 1 is 1.21 bits per heavy atom. The van der Waals surface area contributed by atoms with Gasteiger partial charge in [0.1, 0.15) is 6.04 Å². The second-order valence-electron chi connectivity index (χ2n) is 7.37. The van der Waals surface area contributed by atoms with Crippen molar-refractivity contribution < 1.29 is 23.1 Å². The molecule has 1 aromatic carbocycles. The van der Waals surface area contributed by atoms with E-state index in [1.165, 1.54) is 6.07 Å². The standard InChI is InChI=1S/C19H23N3O5S2/c1-11(2)17(19(24)25)22-10-14-15(29(22,26)27)9-16(28-14)20-18(23)12-5-7-13(8-6-12)21(3)4/h5-9,11,17H,10H2,1-4H3,(H,20,23)(H,24,25)/t17-/m1/s1. The topological polar surface area (TPSA) is 107 Å². The van der Waals surface area contributed by atoms with E-state index in [9.17, 15) is 23.1 Å². The molecule has 8 nitrogen and oxygen atoms in total. The lowest BCUT2D eigenvalue weighted by atomic mass is 10.1. The molecule has 1 atom stereocenters. The van der Waals surface area contributed by atoms with Crippen molar-refractivity contribution >= 4 is 43.9 Å². The number of fused-ring (bicyclic) bond motifs is 1. The van der Waals surface area contributed by atoms with Gasteiger partial charge in [0.15, 0.2) is 0 Å². The van der Waals surface area contributed by atoms with Crippen molar-refractivity contribution in [3.8, 4) is 0 Å². The quantitative estimate of drug-likeness (QED) is 0.720. The Morgan fingerprint density at radius 2 is 1.83 bits per heavy atom. The van der Waals surface area contributed by atoms with Gasteiger partial charge in [0, 0.05) is 30.2 Å². The predicted molar refractivity (Wildman–Crippen MR) is 112 cm³/mol. The van der Waals surface area contributed by atoms with Crippen LogP contribution < -0.4 is 10.2 Å². The van der Waals surface area contributed by atoms with E-state index in [4.69, 9.17) is 0 Å². The first-order chi connectivity index (χ1) is 13.5. The predicted octanol–water partition coefficient (Wildman–Crippen LogP) is 2.68. The van der Waals surface area contributed by atoms with Crippen molar-refractivity contribution in [2.75, 3.05) is 24.3 Å². The van der Waals surface area contributed by atoms with Crippen LogP contribution >= 0.6 is 11.3 Å². The summed E-state index contributed by atoms with van der Waals surface area (Å²) in [6.45, 7) is 3.34. The van der Waals surface area contributed by atoms with Gasteiger partial charge in [-0.2, -0.15) is 4.31 Å². The molecular weight excluding hydrogens is 414 g/mol. The monoisotopic (exact) mass is 437 g/mol. The summed E-state index contributed by atoms with van der Waals surface area (Å²) in [5.41, 5.74) is 1.42. The number of anilines is 2. The first-order valence-electron chi connectivity index (χ1n) is 8.98. The Morgan fingerprint density at radius 3 is 2.31 bits per heavy atom. The molecule has 0 fully saturated rings. The van der Waals surface area contributed by atoms with Gasteiger partial charge < -0.3 is 15.3 Å². The summed E-state index contributed by atoms with van der Waals surface area (Å²) in [6.07, 6.45) is 0. The number of aliphatic carboxylic acids is 1. The molecule has 2 heterocycles. The summed E-state index contributed by atoms with van der Waals surface area (Å²) < 4.78 is 26.7. The number of nitrogens with zero attached hydrogens (tertiary/aromatic N) is 2. The summed E-state index contributed by atoms with van der Waals surface area (Å²) >= 11 is 1.15. The number of rotatable bonds is 6. The molecule has 0 radical (unpaired) electrons. The van der Waals surface area contributed by atoms with Crippen LogP contribution in [-0.2, 0) is 21.4 Å². The fraction of sp³-hybridized carbons (Fsp3) is 0.368. The molecule has 0 spiro atoms. The second-order valence-corrected chi connectivity index (χ2v) is 10.4. The maximum Gasteiger partial charge on any atom is 0.322 e. The molecule has 156 valence electrons. The van der Waals surface area contributed by atoms with E-state index in [1.807, 2.05) is 31.1 Å². The summed E-state index contributed by atoms with van der Waals surface area (Å²) in [4.78, 5) is 26.5. The van der Waals surface area contributed by atoms with Gasteiger partial charge in [-0.05, 0) is 36.2 Å². The normalized spacial score (nSPS) is 16.4. The number of carboxylic acids is 1. The molecule has 0 saturated heterocycles. The van der Waals surface area contributed by atoms with Crippen molar-refractivity contribution in [2.45, 2.75) is 31.3 Å². The van der Waals surface area contributed by atoms with E-state index >= 15 is 0 Å². The van der Waals surface area contributed by atoms with Gasteiger partial charge in [-0.15, -0.1) is 11.3 Å². The number of amides is 1. The van der Waals surface area contributed by atoms with Crippen LogP contribution in [-0.4, -0.2) is 49.8 Å². The lowest BCUT2D eigenvalue weighted by Crippen LogP contribution is -2.44. The molecule has 1 aromatic heterocycles. The molecule has 0 aliphatic carbocycles. The molecule has 0 bridgehead atoms. The lowest BCUT2D eigenvalue weighted by molar-refractivity contribution is -0.143.